The van der Waals surface area contributed by atoms with E-state index in [0.29, 0.717) is 5.92 Å². The van der Waals surface area contributed by atoms with Crippen LogP contribution >= 0.6 is 0 Å². The summed E-state index contributed by atoms with van der Waals surface area (Å²) in [7, 11) is 1.97. The van der Waals surface area contributed by atoms with Gasteiger partial charge in [-0.2, -0.15) is 5.10 Å². The minimum absolute atomic E-state index is 0.180. The molecule has 2 atom stereocenters. The Morgan fingerprint density at radius 2 is 2.12 bits per heavy atom. The van der Waals surface area contributed by atoms with E-state index in [4.69, 9.17) is 4.74 Å². The van der Waals surface area contributed by atoms with Crippen LogP contribution in [0.25, 0.3) is 0 Å². The summed E-state index contributed by atoms with van der Waals surface area (Å²) in [6.45, 7) is 10.1. The molecule has 0 spiro atoms. The highest BCUT2D eigenvalue weighted by Crippen LogP contribution is 2.24. The van der Waals surface area contributed by atoms with Gasteiger partial charge in [0, 0.05) is 24.9 Å². The monoisotopic (exact) mass is 239 g/mol. The molecule has 1 heterocycles. The SMILES string of the molecule is CCOC(C(C)C)C(NC)c1cnn(CC)c1. The highest BCUT2D eigenvalue weighted by Gasteiger charge is 2.26. The van der Waals surface area contributed by atoms with Crippen LogP contribution < -0.4 is 5.32 Å². The van der Waals surface area contributed by atoms with Gasteiger partial charge in [0.25, 0.3) is 0 Å². The molecule has 0 radical (unpaired) electrons. The first-order valence-corrected chi connectivity index (χ1v) is 6.45. The molecule has 1 aromatic rings. The zero-order valence-electron chi connectivity index (χ0n) is 11.6. The van der Waals surface area contributed by atoms with Crippen LogP contribution in [-0.2, 0) is 11.3 Å². The first-order valence-electron chi connectivity index (χ1n) is 6.45. The van der Waals surface area contributed by atoms with Crippen molar-refractivity contribution in [1.82, 2.24) is 15.1 Å². The van der Waals surface area contributed by atoms with Gasteiger partial charge in [-0.05, 0) is 26.8 Å². The molecule has 4 heteroatoms. The van der Waals surface area contributed by atoms with Crippen LogP contribution in [0.3, 0.4) is 0 Å². The lowest BCUT2D eigenvalue weighted by Gasteiger charge is -2.29. The fraction of sp³-hybridized carbons (Fsp3) is 0.769. The van der Waals surface area contributed by atoms with Crippen molar-refractivity contribution in [2.24, 2.45) is 5.92 Å². The molecular formula is C13H25N3O. The summed E-state index contributed by atoms with van der Waals surface area (Å²) in [5.41, 5.74) is 1.20. The predicted molar refractivity (Wildman–Crippen MR) is 70.0 cm³/mol. The molecule has 0 aromatic carbocycles. The molecule has 1 rings (SSSR count). The number of nitrogens with one attached hydrogen (secondary N) is 1. The Balaban J connectivity index is 2.87. The van der Waals surface area contributed by atoms with Crippen LogP contribution in [0.15, 0.2) is 12.4 Å². The third-order valence-electron chi connectivity index (χ3n) is 2.99. The molecule has 0 fully saturated rings. The lowest BCUT2D eigenvalue weighted by molar-refractivity contribution is 0.00458. The Morgan fingerprint density at radius 3 is 2.53 bits per heavy atom. The molecule has 0 saturated carbocycles. The van der Waals surface area contributed by atoms with E-state index in [2.05, 4.69) is 37.4 Å². The second-order valence-corrected chi connectivity index (χ2v) is 4.56. The molecule has 0 aliphatic carbocycles. The first kappa shape index (κ1) is 14.2. The van der Waals surface area contributed by atoms with Crippen molar-refractivity contribution in [2.45, 2.75) is 46.4 Å². The van der Waals surface area contributed by atoms with Crippen LogP contribution in [-0.4, -0.2) is 29.5 Å². The zero-order chi connectivity index (χ0) is 12.8. The summed E-state index contributed by atoms with van der Waals surface area (Å²) in [4.78, 5) is 0. The van der Waals surface area contributed by atoms with Gasteiger partial charge in [0.1, 0.15) is 0 Å². The van der Waals surface area contributed by atoms with Gasteiger partial charge in [0.05, 0.1) is 18.3 Å². The molecule has 0 aliphatic rings. The summed E-state index contributed by atoms with van der Waals surface area (Å²) in [5, 5.41) is 7.67. The molecule has 98 valence electrons. The van der Waals surface area contributed by atoms with Crippen LogP contribution in [0.1, 0.15) is 39.3 Å². The predicted octanol–water partition coefficient (Wildman–Crippen LogP) is 2.22. The van der Waals surface area contributed by atoms with Gasteiger partial charge in [-0.3, -0.25) is 4.68 Å². The fourth-order valence-electron chi connectivity index (χ4n) is 2.10. The largest absolute Gasteiger partial charge is 0.376 e. The second-order valence-electron chi connectivity index (χ2n) is 4.56. The van der Waals surface area contributed by atoms with Crippen molar-refractivity contribution in [2.75, 3.05) is 13.7 Å². The van der Waals surface area contributed by atoms with E-state index in [1.807, 2.05) is 24.9 Å². The van der Waals surface area contributed by atoms with Crippen LogP contribution in [0, 0.1) is 5.92 Å². The Bertz CT molecular complexity index is 322. The van der Waals surface area contributed by atoms with Gasteiger partial charge in [0.2, 0.25) is 0 Å². The lowest BCUT2D eigenvalue weighted by Crippen LogP contribution is -2.35. The van der Waals surface area contributed by atoms with Crippen molar-refractivity contribution in [3.8, 4) is 0 Å². The average Bonchev–Trinajstić information content (AvgIpc) is 2.77. The molecule has 0 bridgehead atoms. The van der Waals surface area contributed by atoms with Crippen molar-refractivity contribution >= 4 is 0 Å². The van der Waals surface area contributed by atoms with E-state index in [9.17, 15) is 0 Å². The van der Waals surface area contributed by atoms with Crippen molar-refractivity contribution < 1.29 is 4.74 Å². The van der Waals surface area contributed by atoms with E-state index in [1.165, 1.54) is 5.56 Å². The number of hydrogen-bond acceptors (Lipinski definition) is 3. The average molecular weight is 239 g/mol. The molecule has 0 saturated heterocycles. The van der Waals surface area contributed by atoms with Gasteiger partial charge in [-0.25, -0.2) is 0 Å². The number of hydrogen-bond donors (Lipinski definition) is 1. The minimum atomic E-state index is 0.180. The molecule has 0 amide bonds. The summed E-state index contributed by atoms with van der Waals surface area (Å²) in [6, 6.07) is 0.204. The van der Waals surface area contributed by atoms with Crippen molar-refractivity contribution in [3.05, 3.63) is 18.0 Å². The van der Waals surface area contributed by atoms with E-state index in [1.54, 1.807) is 0 Å². The molecular weight excluding hydrogens is 214 g/mol. The standard InChI is InChI=1S/C13H25N3O/c1-6-16-9-11(8-15-16)12(14-5)13(10(3)4)17-7-2/h8-10,12-14H,6-7H2,1-5H3. The fourth-order valence-corrected chi connectivity index (χ4v) is 2.10. The van der Waals surface area contributed by atoms with E-state index in [-0.39, 0.29) is 12.1 Å². The lowest BCUT2D eigenvalue weighted by atomic mass is 9.95. The Labute approximate surface area is 104 Å². The topological polar surface area (TPSA) is 39.1 Å². The third-order valence-corrected chi connectivity index (χ3v) is 2.99. The Kier molecular flexibility index (Phi) is 5.65. The number of ether oxygens (including phenoxy) is 1. The maximum absolute atomic E-state index is 5.85. The van der Waals surface area contributed by atoms with Gasteiger partial charge in [-0.15, -0.1) is 0 Å². The van der Waals surface area contributed by atoms with Gasteiger partial charge in [0.15, 0.2) is 0 Å². The van der Waals surface area contributed by atoms with Crippen molar-refractivity contribution in [3.63, 3.8) is 0 Å². The van der Waals surface area contributed by atoms with E-state index < -0.39 is 0 Å². The third kappa shape index (κ3) is 3.54. The number of nitrogens with zero attached hydrogens (tertiary/aromatic N) is 2. The molecule has 4 nitrogen and oxygen atoms in total. The molecule has 2 unspecified atom stereocenters. The van der Waals surface area contributed by atoms with Gasteiger partial charge >= 0.3 is 0 Å². The molecule has 1 N–H and O–H groups in total. The molecule has 17 heavy (non-hydrogen) atoms. The summed E-state index contributed by atoms with van der Waals surface area (Å²) in [6.07, 6.45) is 4.20. The maximum Gasteiger partial charge on any atom is 0.0793 e. The molecule has 0 aliphatic heterocycles. The normalized spacial score (nSPS) is 15.2. The van der Waals surface area contributed by atoms with Gasteiger partial charge in [-0.1, -0.05) is 13.8 Å². The summed E-state index contributed by atoms with van der Waals surface area (Å²) >= 11 is 0. The number of likely N-dealkylation sites (N-methyl/N-ethyl adjacent to an activating group) is 1. The smallest absolute Gasteiger partial charge is 0.0793 e. The zero-order valence-corrected chi connectivity index (χ0v) is 11.6. The number of aromatic nitrogens is 2. The van der Waals surface area contributed by atoms with Crippen LogP contribution in [0.5, 0.6) is 0 Å². The Hall–Kier alpha value is -0.870. The summed E-state index contributed by atoms with van der Waals surface area (Å²) in [5.74, 6) is 0.470. The highest BCUT2D eigenvalue weighted by atomic mass is 16.5. The molecule has 1 aromatic heterocycles. The quantitative estimate of drug-likeness (QED) is 0.793. The van der Waals surface area contributed by atoms with Gasteiger partial charge < -0.3 is 10.1 Å². The maximum atomic E-state index is 5.85. The summed E-state index contributed by atoms with van der Waals surface area (Å²) < 4.78 is 7.80. The number of rotatable bonds is 7. The van der Waals surface area contributed by atoms with Crippen molar-refractivity contribution in [1.29, 1.82) is 0 Å². The van der Waals surface area contributed by atoms with Crippen LogP contribution in [0.2, 0.25) is 0 Å². The highest BCUT2D eigenvalue weighted by molar-refractivity contribution is 5.12. The van der Waals surface area contributed by atoms with E-state index in [0.717, 1.165) is 13.2 Å². The second kappa shape index (κ2) is 6.77. The minimum Gasteiger partial charge on any atom is -0.376 e. The van der Waals surface area contributed by atoms with Crippen LogP contribution in [0.4, 0.5) is 0 Å². The first-order chi connectivity index (χ1) is 8.13. The number of aryl methyl sites for hydroxylation is 1. The van der Waals surface area contributed by atoms with E-state index >= 15 is 0 Å². The Morgan fingerprint density at radius 1 is 1.41 bits per heavy atom.